The number of halogens is 1. The molecule has 0 saturated carbocycles. The van der Waals surface area contributed by atoms with Crippen molar-refractivity contribution in [3.05, 3.63) is 75.3 Å². The Labute approximate surface area is 268 Å². The van der Waals surface area contributed by atoms with Gasteiger partial charge in [0.2, 0.25) is 17.6 Å². The van der Waals surface area contributed by atoms with Crippen molar-refractivity contribution in [1.82, 2.24) is 0 Å². The zero-order valence-corrected chi connectivity index (χ0v) is 26.3. The number of carbonyl (C=O) groups is 4. The summed E-state index contributed by atoms with van der Waals surface area (Å²) >= 11 is 3.26. The first-order chi connectivity index (χ1) is 21.7. The third kappa shape index (κ3) is 4.63. The Morgan fingerprint density at radius 2 is 1.56 bits per heavy atom. The van der Waals surface area contributed by atoms with E-state index >= 15 is 0 Å². The van der Waals surface area contributed by atoms with E-state index in [1.54, 1.807) is 24.3 Å². The van der Waals surface area contributed by atoms with Gasteiger partial charge in [0.25, 0.3) is 0 Å². The zero-order chi connectivity index (χ0) is 31.6. The number of ether oxygens (including phenoxy) is 3. The number of methoxy groups -OCH3 is 2. The number of allylic oxidation sites excluding steroid dienone is 6. The van der Waals surface area contributed by atoms with Gasteiger partial charge in [0, 0.05) is 41.9 Å². The van der Waals surface area contributed by atoms with Crippen LogP contribution in [0.2, 0.25) is 0 Å². The first-order valence-electron chi connectivity index (χ1n) is 14.9. The van der Waals surface area contributed by atoms with Gasteiger partial charge in [-0.05, 0) is 76.7 Å². The summed E-state index contributed by atoms with van der Waals surface area (Å²) in [6.07, 6.45) is 3.70. The maximum Gasteiger partial charge on any atom is 0.238 e. The molecule has 4 unspecified atom stereocenters. The minimum absolute atomic E-state index is 0.146. The van der Waals surface area contributed by atoms with Crippen molar-refractivity contribution in [1.29, 1.82) is 0 Å². The number of rotatable bonds is 5. The highest BCUT2D eigenvalue weighted by Crippen LogP contribution is 2.56. The average Bonchev–Trinajstić information content (AvgIpc) is 3.32. The molecule has 3 aliphatic carbocycles. The predicted molar refractivity (Wildman–Crippen MR) is 168 cm³/mol. The number of ketones is 2. The molecule has 2 heterocycles. The van der Waals surface area contributed by atoms with Crippen LogP contribution in [0, 0.1) is 17.8 Å². The molecule has 2 aromatic carbocycles. The summed E-state index contributed by atoms with van der Waals surface area (Å²) in [4.78, 5) is 58.7. The van der Waals surface area contributed by atoms with Crippen molar-refractivity contribution in [3.8, 4) is 17.2 Å². The second-order valence-electron chi connectivity index (χ2n) is 11.8. The molecule has 2 saturated heterocycles. The zero-order valence-electron chi connectivity index (χ0n) is 24.7. The molecule has 11 heteroatoms. The molecule has 5 aliphatic rings. The van der Waals surface area contributed by atoms with Gasteiger partial charge in [-0.3, -0.25) is 24.1 Å². The number of fused-ring (bicyclic) bond motifs is 3. The lowest BCUT2D eigenvalue weighted by Gasteiger charge is -2.42. The van der Waals surface area contributed by atoms with Crippen LogP contribution in [0.1, 0.15) is 24.3 Å². The maximum atomic E-state index is 14.2. The molecule has 2 aliphatic heterocycles. The van der Waals surface area contributed by atoms with Crippen LogP contribution in [0.25, 0.3) is 0 Å². The first-order valence-corrected chi connectivity index (χ1v) is 15.7. The molecule has 0 radical (unpaired) electrons. The minimum Gasteiger partial charge on any atom is -0.502 e. The summed E-state index contributed by atoms with van der Waals surface area (Å²) in [5, 5.41) is 10.6. The number of amides is 2. The largest absolute Gasteiger partial charge is 0.502 e. The Bertz CT molecular complexity index is 1710. The van der Waals surface area contributed by atoms with Crippen LogP contribution < -0.4 is 19.3 Å². The van der Waals surface area contributed by atoms with Crippen LogP contribution >= 0.6 is 15.9 Å². The predicted octanol–water partition coefficient (Wildman–Crippen LogP) is 4.21. The second kappa shape index (κ2) is 11.3. The molecular weight excluding hydrogens is 644 g/mol. The van der Waals surface area contributed by atoms with E-state index in [9.17, 15) is 24.3 Å². The van der Waals surface area contributed by atoms with Crippen molar-refractivity contribution >= 4 is 50.7 Å². The van der Waals surface area contributed by atoms with Gasteiger partial charge >= 0.3 is 0 Å². The van der Waals surface area contributed by atoms with Gasteiger partial charge in [0.1, 0.15) is 0 Å². The summed E-state index contributed by atoms with van der Waals surface area (Å²) in [6.45, 7) is 2.83. The third-order valence-corrected chi connectivity index (χ3v) is 10.2. The molecular formula is C34H31BrN2O8. The fourth-order valence-corrected chi connectivity index (χ4v) is 8.00. The van der Waals surface area contributed by atoms with Crippen LogP contribution in [-0.4, -0.2) is 69.0 Å². The Hall–Kier alpha value is -4.22. The van der Waals surface area contributed by atoms with Crippen molar-refractivity contribution in [3.63, 3.8) is 0 Å². The van der Waals surface area contributed by atoms with Crippen molar-refractivity contribution < 1.29 is 38.5 Å². The quantitative estimate of drug-likeness (QED) is 0.282. The first kappa shape index (κ1) is 29.5. The molecule has 0 aromatic heterocycles. The van der Waals surface area contributed by atoms with Gasteiger partial charge in [-0.1, -0.05) is 11.6 Å². The fourth-order valence-electron chi connectivity index (χ4n) is 7.56. The number of nitrogens with zero attached hydrogens (tertiary/aromatic N) is 2. The summed E-state index contributed by atoms with van der Waals surface area (Å²) in [5.41, 5.74) is 3.52. The van der Waals surface area contributed by atoms with E-state index in [1.165, 1.54) is 25.2 Å². The summed E-state index contributed by atoms with van der Waals surface area (Å²) < 4.78 is 16.4. The van der Waals surface area contributed by atoms with Crippen LogP contribution in [0.4, 0.5) is 11.4 Å². The molecule has 4 atom stereocenters. The van der Waals surface area contributed by atoms with Crippen molar-refractivity contribution in [2.45, 2.75) is 18.8 Å². The van der Waals surface area contributed by atoms with Crippen LogP contribution in [0.3, 0.4) is 0 Å². The number of benzene rings is 2. The Balaban J connectivity index is 1.29. The van der Waals surface area contributed by atoms with Gasteiger partial charge < -0.3 is 24.2 Å². The van der Waals surface area contributed by atoms with E-state index < -0.39 is 23.7 Å². The van der Waals surface area contributed by atoms with Gasteiger partial charge in [-0.25, -0.2) is 0 Å². The molecule has 10 nitrogen and oxygen atoms in total. The maximum absolute atomic E-state index is 14.2. The third-order valence-electron chi connectivity index (χ3n) is 9.65. The Morgan fingerprint density at radius 1 is 0.911 bits per heavy atom. The van der Waals surface area contributed by atoms with Gasteiger partial charge in [-0.2, -0.15) is 0 Å². The molecule has 2 aromatic rings. The van der Waals surface area contributed by atoms with Crippen LogP contribution in [-0.2, 0) is 23.9 Å². The summed E-state index contributed by atoms with van der Waals surface area (Å²) in [7, 11) is 2.83. The van der Waals surface area contributed by atoms with Crippen LogP contribution in [0.15, 0.2) is 69.8 Å². The van der Waals surface area contributed by atoms with E-state index in [1.807, 2.05) is 18.2 Å². The lowest BCUT2D eigenvalue weighted by atomic mass is 9.59. The van der Waals surface area contributed by atoms with E-state index in [0.717, 1.165) is 24.4 Å². The number of imide groups is 1. The number of phenols is 1. The number of Topliss-reactive ketones (excluding diaryl/α,β-unsaturated/α-hetero) is 1. The summed E-state index contributed by atoms with van der Waals surface area (Å²) in [6, 6.07) is 10.7. The Kier molecular flexibility index (Phi) is 7.40. The molecule has 45 heavy (non-hydrogen) atoms. The van der Waals surface area contributed by atoms with E-state index in [0.29, 0.717) is 42.0 Å². The Morgan fingerprint density at radius 3 is 2.20 bits per heavy atom. The smallest absolute Gasteiger partial charge is 0.238 e. The SMILES string of the molecule is COc1cc(C2C3=CCC4C(=O)N(c5ccc(N6CCOCC6)cc5)C(=O)C4C3CC3=C2C(=O)C=C(Br)C3=O)cc(OC)c1O. The fraction of sp³-hybridized carbons (Fsp3) is 0.353. The van der Waals surface area contributed by atoms with Gasteiger partial charge in [-0.15, -0.1) is 0 Å². The molecule has 0 spiro atoms. The molecule has 232 valence electrons. The summed E-state index contributed by atoms with van der Waals surface area (Å²) in [5.74, 6) is -3.62. The highest BCUT2D eigenvalue weighted by Gasteiger charge is 2.56. The normalized spacial score (nSPS) is 26.3. The van der Waals surface area contributed by atoms with E-state index in [-0.39, 0.29) is 51.5 Å². The van der Waals surface area contributed by atoms with E-state index in [4.69, 9.17) is 14.2 Å². The minimum atomic E-state index is -0.707. The van der Waals surface area contributed by atoms with Crippen molar-refractivity contribution in [2.24, 2.45) is 17.8 Å². The van der Waals surface area contributed by atoms with Crippen LogP contribution in [0.5, 0.6) is 17.2 Å². The molecule has 7 rings (SSSR count). The van der Waals surface area contributed by atoms with E-state index in [2.05, 4.69) is 20.8 Å². The number of carbonyl (C=O) groups excluding carboxylic acids is 4. The van der Waals surface area contributed by atoms with Crippen molar-refractivity contribution in [2.75, 3.05) is 50.3 Å². The number of aromatic hydroxyl groups is 1. The standard InChI is InChI=1S/C34H31BrN2O8/c1-43-26-13-17(14-27(44-2)32(26)40)28-20-7-8-21-29(22(20)15-23-30(28)25(38)16-24(35)31(23)39)34(42)37(33(21)41)19-5-3-18(4-6-19)36-9-11-45-12-10-36/h3-7,13-14,16,21-22,28-29,40H,8-12,15H2,1-2H3. The van der Waals surface area contributed by atoms with Gasteiger partial charge in [0.05, 0.1) is 49.4 Å². The second-order valence-corrected chi connectivity index (χ2v) is 12.6. The monoisotopic (exact) mass is 674 g/mol. The molecule has 2 amide bonds. The highest BCUT2D eigenvalue weighted by molar-refractivity contribution is 9.12. The number of hydrogen-bond acceptors (Lipinski definition) is 9. The average molecular weight is 676 g/mol. The lowest BCUT2D eigenvalue weighted by Crippen LogP contribution is -2.39. The number of hydrogen-bond donors (Lipinski definition) is 1. The number of phenolic OH excluding ortho intramolecular Hbond substituents is 1. The highest BCUT2D eigenvalue weighted by atomic mass is 79.9. The number of anilines is 2. The molecule has 1 N–H and O–H groups in total. The van der Waals surface area contributed by atoms with Gasteiger partial charge in [0.15, 0.2) is 23.1 Å². The topological polar surface area (TPSA) is 123 Å². The number of morpholine rings is 1. The molecule has 0 bridgehead atoms. The lowest BCUT2D eigenvalue weighted by molar-refractivity contribution is -0.123. The molecule has 2 fully saturated rings.